The lowest BCUT2D eigenvalue weighted by Crippen LogP contribution is -2.16. The minimum Gasteiger partial charge on any atom is -0.487 e. The smallest absolute Gasteiger partial charge is 0.161 e. The fraction of sp³-hybridized carbons (Fsp3) is 0.481. The van der Waals surface area contributed by atoms with E-state index in [1.165, 1.54) is 5.56 Å². The Bertz CT molecular complexity index is 822. The third-order valence-corrected chi connectivity index (χ3v) is 5.11. The predicted molar refractivity (Wildman–Crippen MR) is 131 cm³/mol. The summed E-state index contributed by atoms with van der Waals surface area (Å²) in [7, 11) is 0. The molecule has 1 aliphatic rings. The molecule has 1 heterocycles. The molecule has 0 amide bonds. The Morgan fingerprint density at radius 2 is 1.18 bits per heavy atom. The van der Waals surface area contributed by atoms with Crippen LogP contribution in [0.4, 0.5) is 0 Å². The standard InChI is InChI=1S/C27H36O7/c1-2-23-3-5-24(6-4-23)9-10-32-22-25-7-8-26-27(21-25)34-20-18-31-16-14-29-12-11-28-13-15-30-17-19-33-26/h2-8,21H,1,9-20,22H2. The largest absolute Gasteiger partial charge is 0.487 e. The Balaban J connectivity index is 1.49. The SMILES string of the molecule is C=Cc1ccc(CCOCc2ccc3c(c2)OCCOCCOCCOCCOCCO3)cc1. The van der Waals surface area contributed by atoms with Crippen LogP contribution in [0.5, 0.6) is 11.5 Å². The number of hydrogen-bond acceptors (Lipinski definition) is 7. The zero-order valence-electron chi connectivity index (χ0n) is 19.9. The summed E-state index contributed by atoms with van der Waals surface area (Å²) in [4.78, 5) is 0. The number of ether oxygens (including phenoxy) is 7. The molecule has 7 heteroatoms. The molecule has 0 aromatic heterocycles. The summed E-state index contributed by atoms with van der Waals surface area (Å²) in [6, 6.07) is 14.2. The summed E-state index contributed by atoms with van der Waals surface area (Å²) in [6.07, 6.45) is 2.70. The Hall–Kier alpha value is -2.42. The highest BCUT2D eigenvalue weighted by molar-refractivity contribution is 5.47. The summed E-state index contributed by atoms with van der Waals surface area (Å²) in [5, 5.41) is 0. The molecule has 0 N–H and O–H groups in total. The van der Waals surface area contributed by atoms with Crippen molar-refractivity contribution in [3.05, 3.63) is 65.7 Å². The topological polar surface area (TPSA) is 64.6 Å². The normalized spacial score (nSPS) is 16.8. The molecule has 3 rings (SSSR count). The number of benzene rings is 2. The van der Waals surface area contributed by atoms with Gasteiger partial charge in [0.15, 0.2) is 11.5 Å². The van der Waals surface area contributed by atoms with Crippen LogP contribution in [0.1, 0.15) is 16.7 Å². The molecule has 1 aliphatic heterocycles. The molecule has 0 saturated heterocycles. The Kier molecular flexibility index (Phi) is 12.5. The van der Waals surface area contributed by atoms with Crippen LogP contribution in [0.15, 0.2) is 49.0 Å². The van der Waals surface area contributed by atoms with Gasteiger partial charge in [-0.2, -0.15) is 0 Å². The van der Waals surface area contributed by atoms with Gasteiger partial charge in [-0.05, 0) is 35.2 Å². The van der Waals surface area contributed by atoms with E-state index < -0.39 is 0 Å². The highest BCUT2D eigenvalue weighted by Crippen LogP contribution is 2.29. The molecule has 2 aromatic carbocycles. The van der Waals surface area contributed by atoms with Crippen molar-refractivity contribution in [2.45, 2.75) is 13.0 Å². The second-order valence-electron chi connectivity index (χ2n) is 7.68. The van der Waals surface area contributed by atoms with Gasteiger partial charge in [-0.25, -0.2) is 0 Å². The van der Waals surface area contributed by atoms with Crippen molar-refractivity contribution in [2.75, 3.05) is 72.7 Å². The molecule has 0 unspecified atom stereocenters. The highest BCUT2D eigenvalue weighted by Gasteiger charge is 2.08. The molecule has 186 valence electrons. The van der Waals surface area contributed by atoms with Crippen molar-refractivity contribution in [2.24, 2.45) is 0 Å². The van der Waals surface area contributed by atoms with Crippen LogP contribution in [-0.4, -0.2) is 72.7 Å². The molecule has 0 spiro atoms. The first-order chi connectivity index (χ1) is 16.8. The van der Waals surface area contributed by atoms with Crippen LogP contribution in [0.3, 0.4) is 0 Å². The third-order valence-electron chi connectivity index (χ3n) is 5.11. The minimum absolute atomic E-state index is 0.418. The van der Waals surface area contributed by atoms with E-state index in [1.54, 1.807) is 0 Å². The van der Waals surface area contributed by atoms with E-state index in [0.29, 0.717) is 90.8 Å². The van der Waals surface area contributed by atoms with Gasteiger partial charge in [0.05, 0.1) is 66.1 Å². The average molecular weight is 473 g/mol. The van der Waals surface area contributed by atoms with E-state index >= 15 is 0 Å². The van der Waals surface area contributed by atoms with Gasteiger partial charge in [-0.15, -0.1) is 0 Å². The third kappa shape index (κ3) is 10.2. The molecule has 7 nitrogen and oxygen atoms in total. The molecule has 0 radical (unpaired) electrons. The molecule has 0 fully saturated rings. The van der Waals surface area contributed by atoms with Crippen molar-refractivity contribution in [1.29, 1.82) is 0 Å². The maximum Gasteiger partial charge on any atom is 0.161 e. The first-order valence-corrected chi connectivity index (χ1v) is 11.8. The Morgan fingerprint density at radius 3 is 1.76 bits per heavy atom. The van der Waals surface area contributed by atoms with Crippen LogP contribution in [0.2, 0.25) is 0 Å². The summed E-state index contributed by atoms with van der Waals surface area (Å²) in [6.45, 7) is 9.89. The monoisotopic (exact) mass is 472 g/mol. The second-order valence-corrected chi connectivity index (χ2v) is 7.68. The van der Waals surface area contributed by atoms with Gasteiger partial charge in [0.2, 0.25) is 0 Å². The highest BCUT2D eigenvalue weighted by atomic mass is 16.6. The maximum absolute atomic E-state index is 5.96. The first kappa shape index (κ1) is 26.2. The van der Waals surface area contributed by atoms with E-state index in [9.17, 15) is 0 Å². The van der Waals surface area contributed by atoms with Gasteiger partial charge < -0.3 is 33.2 Å². The van der Waals surface area contributed by atoms with Gasteiger partial charge in [-0.1, -0.05) is 43.0 Å². The van der Waals surface area contributed by atoms with E-state index in [2.05, 4.69) is 30.8 Å². The minimum atomic E-state index is 0.418. The summed E-state index contributed by atoms with van der Waals surface area (Å²) < 4.78 is 39.8. The van der Waals surface area contributed by atoms with Crippen molar-refractivity contribution < 1.29 is 33.2 Å². The number of hydrogen-bond donors (Lipinski definition) is 0. The lowest BCUT2D eigenvalue weighted by Gasteiger charge is -2.15. The second kappa shape index (κ2) is 16.2. The fourth-order valence-corrected chi connectivity index (χ4v) is 3.26. The number of fused-ring (bicyclic) bond motifs is 1. The van der Waals surface area contributed by atoms with Crippen molar-refractivity contribution >= 4 is 6.08 Å². The van der Waals surface area contributed by atoms with Crippen molar-refractivity contribution in [3.8, 4) is 11.5 Å². The van der Waals surface area contributed by atoms with Crippen LogP contribution < -0.4 is 9.47 Å². The van der Waals surface area contributed by atoms with Gasteiger partial charge in [0.25, 0.3) is 0 Å². The molecule has 2 aromatic rings. The molecular weight excluding hydrogens is 436 g/mol. The van der Waals surface area contributed by atoms with Crippen LogP contribution in [0, 0.1) is 0 Å². The lowest BCUT2D eigenvalue weighted by atomic mass is 10.1. The van der Waals surface area contributed by atoms with Crippen molar-refractivity contribution in [3.63, 3.8) is 0 Å². The molecular formula is C27H36O7. The van der Waals surface area contributed by atoms with Gasteiger partial charge in [0, 0.05) is 0 Å². The summed E-state index contributed by atoms with van der Waals surface area (Å²) >= 11 is 0. The summed E-state index contributed by atoms with van der Waals surface area (Å²) in [5.74, 6) is 1.35. The van der Waals surface area contributed by atoms with E-state index in [4.69, 9.17) is 33.2 Å². The van der Waals surface area contributed by atoms with Gasteiger partial charge in [0.1, 0.15) is 13.2 Å². The van der Waals surface area contributed by atoms with E-state index in [1.807, 2.05) is 24.3 Å². The predicted octanol–water partition coefficient (Wildman–Crippen LogP) is 3.93. The van der Waals surface area contributed by atoms with Gasteiger partial charge in [-0.3, -0.25) is 0 Å². The zero-order chi connectivity index (χ0) is 23.7. The summed E-state index contributed by atoms with van der Waals surface area (Å²) in [5.41, 5.74) is 3.38. The van der Waals surface area contributed by atoms with Crippen LogP contribution in [0.25, 0.3) is 6.08 Å². The molecule has 0 saturated carbocycles. The van der Waals surface area contributed by atoms with E-state index in [0.717, 1.165) is 17.5 Å². The maximum atomic E-state index is 5.96. The molecule has 34 heavy (non-hydrogen) atoms. The molecule has 0 bridgehead atoms. The van der Waals surface area contributed by atoms with Crippen LogP contribution in [-0.2, 0) is 36.7 Å². The Labute approximate surface area is 202 Å². The molecule has 0 aliphatic carbocycles. The van der Waals surface area contributed by atoms with Crippen molar-refractivity contribution in [1.82, 2.24) is 0 Å². The van der Waals surface area contributed by atoms with E-state index in [-0.39, 0.29) is 0 Å². The fourth-order valence-electron chi connectivity index (χ4n) is 3.26. The first-order valence-electron chi connectivity index (χ1n) is 11.8. The van der Waals surface area contributed by atoms with Crippen LogP contribution >= 0.6 is 0 Å². The Morgan fingerprint density at radius 1 is 0.647 bits per heavy atom. The van der Waals surface area contributed by atoms with Gasteiger partial charge >= 0.3 is 0 Å². The molecule has 0 atom stereocenters. The quantitative estimate of drug-likeness (QED) is 0.591. The average Bonchev–Trinajstić information content (AvgIpc) is 2.87. The zero-order valence-corrected chi connectivity index (χ0v) is 19.9. The number of rotatable bonds is 6. The lowest BCUT2D eigenvalue weighted by molar-refractivity contribution is -0.00843.